The quantitative estimate of drug-likeness (QED) is 0.784. The first kappa shape index (κ1) is 20.8. The first-order valence-electron chi connectivity index (χ1n) is 7.92. The number of ether oxygens (including phenoxy) is 1. The topological polar surface area (TPSA) is 67.4 Å². The second-order valence-electron chi connectivity index (χ2n) is 6.17. The van der Waals surface area contributed by atoms with Gasteiger partial charge in [0.15, 0.2) is 6.61 Å². The zero-order valence-electron chi connectivity index (χ0n) is 14.4. The molecule has 1 atom stereocenters. The fourth-order valence-electron chi connectivity index (χ4n) is 2.14. The Morgan fingerprint density at radius 2 is 1.72 bits per heavy atom. The van der Waals surface area contributed by atoms with Gasteiger partial charge in [-0.05, 0) is 30.4 Å². The highest BCUT2D eigenvalue weighted by Crippen LogP contribution is 2.16. The normalized spacial score (nSPS) is 12.6. The zero-order chi connectivity index (χ0) is 19.0. The largest absolute Gasteiger partial charge is 0.440 e. The molecule has 0 aliphatic rings. The van der Waals surface area contributed by atoms with Gasteiger partial charge in [-0.1, -0.05) is 38.1 Å². The van der Waals surface area contributed by atoms with Crippen LogP contribution in [0.4, 0.5) is 18.0 Å². The number of nitrogens with one attached hydrogen (secondary N) is 2. The number of alkyl carbamates (subject to hydrolysis) is 1. The van der Waals surface area contributed by atoms with E-state index in [1.807, 2.05) is 29.6 Å². The molecule has 2 N–H and O–H groups in total. The lowest BCUT2D eigenvalue weighted by atomic mass is 10.00. The number of rotatable bonds is 7. The van der Waals surface area contributed by atoms with Crippen LogP contribution in [0.15, 0.2) is 24.3 Å². The van der Waals surface area contributed by atoms with Crippen molar-refractivity contribution in [2.24, 2.45) is 5.92 Å². The van der Waals surface area contributed by atoms with Gasteiger partial charge in [0.1, 0.15) is 6.54 Å². The third kappa shape index (κ3) is 8.97. The molecule has 5 nitrogen and oxygen atoms in total. The Hall–Kier alpha value is -2.25. The molecule has 0 heterocycles. The molecule has 140 valence electrons. The molecule has 0 aromatic heterocycles. The van der Waals surface area contributed by atoms with Gasteiger partial charge in [0, 0.05) is 0 Å². The van der Waals surface area contributed by atoms with E-state index in [2.05, 4.69) is 23.9 Å². The van der Waals surface area contributed by atoms with E-state index in [0.717, 1.165) is 12.0 Å². The predicted octanol–water partition coefficient (Wildman–Crippen LogP) is 3.35. The molecule has 1 rings (SSSR count). The van der Waals surface area contributed by atoms with E-state index in [1.165, 1.54) is 5.56 Å². The maximum absolute atomic E-state index is 11.9. The van der Waals surface area contributed by atoms with E-state index in [-0.39, 0.29) is 6.04 Å². The van der Waals surface area contributed by atoms with Gasteiger partial charge >= 0.3 is 12.3 Å². The van der Waals surface area contributed by atoms with Gasteiger partial charge in [-0.2, -0.15) is 13.2 Å². The number of carbonyl (C=O) groups excluding carboxylic acids is 2. The van der Waals surface area contributed by atoms with Crippen LogP contribution in [-0.4, -0.2) is 31.3 Å². The fourth-order valence-corrected chi connectivity index (χ4v) is 2.14. The number of hydrogen-bond donors (Lipinski definition) is 2. The summed E-state index contributed by atoms with van der Waals surface area (Å²) in [5.74, 6) is 0.0221. The van der Waals surface area contributed by atoms with Crippen molar-refractivity contribution >= 4 is 12.0 Å². The standard InChI is InChI=1S/C17H23F3N2O3/c1-11(2)8-13-4-6-14(7-5-13)12(3)22-15(23)9-21-16(24)25-10-17(18,19)20/h4-7,11-12H,8-10H2,1-3H3,(H,21,24)(H,22,23). The van der Waals surface area contributed by atoms with Crippen molar-refractivity contribution in [3.8, 4) is 0 Å². The molecule has 1 aromatic rings. The molecule has 2 amide bonds. The van der Waals surface area contributed by atoms with Gasteiger partial charge in [0.2, 0.25) is 5.91 Å². The molecule has 0 saturated carbocycles. The average molecular weight is 360 g/mol. The lowest BCUT2D eigenvalue weighted by molar-refractivity contribution is -0.160. The molecule has 0 fully saturated rings. The zero-order valence-corrected chi connectivity index (χ0v) is 14.4. The highest BCUT2D eigenvalue weighted by molar-refractivity contribution is 5.82. The van der Waals surface area contributed by atoms with Gasteiger partial charge in [-0.3, -0.25) is 4.79 Å². The first-order chi connectivity index (χ1) is 11.6. The van der Waals surface area contributed by atoms with Crippen molar-refractivity contribution in [2.75, 3.05) is 13.2 Å². The summed E-state index contributed by atoms with van der Waals surface area (Å²) in [6.07, 6.45) is -4.93. The van der Waals surface area contributed by atoms with Gasteiger partial charge in [0.05, 0.1) is 6.04 Å². The fraction of sp³-hybridized carbons (Fsp3) is 0.529. The number of halogens is 3. The third-order valence-corrected chi connectivity index (χ3v) is 3.26. The van der Waals surface area contributed by atoms with Crippen molar-refractivity contribution in [1.29, 1.82) is 0 Å². The maximum atomic E-state index is 11.9. The summed E-state index contributed by atoms with van der Waals surface area (Å²) < 4.78 is 39.6. The Morgan fingerprint density at radius 1 is 1.12 bits per heavy atom. The second kappa shape index (κ2) is 9.29. The van der Waals surface area contributed by atoms with Crippen LogP contribution in [0, 0.1) is 5.92 Å². The van der Waals surface area contributed by atoms with E-state index in [4.69, 9.17) is 0 Å². The molecule has 25 heavy (non-hydrogen) atoms. The summed E-state index contributed by atoms with van der Waals surface area (Å²) in [5.41, 5.74) is 2.09. The van der Waals surface area contributed by atoms with Crippen molar-refractivity contribution in [2.45, 2.75) is 39.4 Å². The minimum absolute atomic E-state index is 0.298. The van der Waals surface area contributed by atoms with Crippen LogP contribution >= 0.6 is 0 Å². The highest BCUT2D eigenvalue weighted by Gasteiger charge is 2.29. The van der Waals surface area contributed by atoms with E-state index >= 15 is 0 Å². The number of benzene rings is 1. The van der Waals surface area contributed by atoms with Gasteiger partial charge in [0.25, 0.3) is 0 Å². The molecule has 1 aromatic carbocycles. The Kier molecular flexibility index (Phi) is 7.73. The molecular formula is C17H23F3N2O3. The Morgan fingerprint density at radius 3 is 2.24 bits per heavy atom. The summed E-state index contributed by atoms with van der Waals surface area (Å²) in [6, 6.07) is 7.50. The smallest absolute Gasteiger partial charge is 0.422 e. The third-order valence-electron chi connectivity index (χ3n) is 3.26. The predicted molar refractivity (Wildman–Crippen MR) is 86.9 cm³/mol. The summed E-state index contributed by atoms with van der Waals surface area (Å²) in [4.78, 5) is 22.8. The van der Waals surface area contributed by atoms with Crippen LogP contribution in [0.5, 0.6) is 0 Å². The summed E-state index contributed by atoms with van der Waals surface area (Å²) >= 11 is 0. The van der Waals surface area contributed by atoms with Crippen LogP contribution < -0.4 is 10.6 Å². The number of alkyl halides is 3. The monoisotopic (exact) mass is 360 g/mol. The van der Waals surface area contributed by atoms with Crippen molar-refractivity contribution in [3.05, 3.63) is 35.4 Å². The van der Waals surface area contributed by atoms with Crippen molar-refractivity contribution < 1.29 is 27.5 Å². The maximum Gasteiger partial charge on any atom is 0.422 e. The van der Waals surface area contributed by atoms with Gasteiger partial charge < -0.3 is 15.4 Å². The van der Waals surface area contributed by atoms with Crippen LogP contribution in [0.3, 0.4) is 0 Å². The lowest BCUT2D eigenvalue weighted by Gasteiger charge is -2.15. The average Bonchev–Trinajstić information content (AvgIpc) is 2.50. The van der Waals surface area contributed by atoms with Crippen molar-refractivity contribution in [1.82, 2.24) is 10.6 Å². The highest BCUT2D eigenvalue weighted by atomic mass is 19.4. The SMILES string of the molecule is CC(C)Cc1ccc(C(C)NC(=O)CNC(=O)OCC(F)(F)F)cc1. The molecule has 0 aliphatic heterocycles. The summed E-state index contributed by atoms with van der Waals surface area (Å²) in [6.45, 7) is 3.87. The van der Waals surface area contributed by atoms with Crippen LogP contribution in [0.2, 0.25) is 0 Å². The van der Waals surface area contributed by atoms with Gasteiger partial charge in [-0.15, -0.1) is 0 Å². The minimum Gasteiger partial charge on any atom is -0.440 e. The van der Waals surface area contributed by atoms with E-state index in [9.17, 15) is 22.8 Å². The molecule has 0 radical (unpaired) electrons. The molecule has 1 unspecified atom stereocenters. The minimum atomic E-state index is -4.60. The van der Waals surface area contributed by atoms with E-state index in [0.29, 0.717) is 5.92 Å². The molecular weight excluding hydrogens is 337 g/mol. The summed E-state index contributed by atoms with van der Waals surface area (Å²) in [5, 5.41) is 4.62. The van der Waals surface area contributed by atoms with E-state index in [1.54, 1.807) is 6.92 Å². The Balaban J connectivity index is 2.39. The van der Waals surface area contributed by atoms with E-state index < -0.39 is 31.3 Å². The first-order valence-corrected chi connectivity index (χ1v) is 7.92. The number of amides is 2. The molecule has 0 spiro atoms. The van der Waals surface area contributed by atoms with Crippen LogP contribution in [0.25, 0.3) is 0 Å². The molecule has 0 saturated heterocycles. The van der Waals surface area contributed by atoms with Crippen LogP contribution in [-0.2, 0) is 16.0 Å². The Labute approximate surface area is 144 Å². The molecule has 8 heteroatoms. The number of carbonyl (C=O) groups is 2. The Bertz CT molecular complexity index is 571. The van der Waals surface area contributed by atoms with Crippen molar-refractivity contribution in [3.63, 3.8) is 0 Å². The van der Waals surface area contributed by atoms with Gasteiger partial charge in [-0.25, -0.2) is 4.79 Å². The summed E-state index contributed by atoms with van der Waals surface area (Å²) in [7, 11) is 0. The molecule has 0 aliphatic carbocycles. The lowest BCUT2D eigenvalue weighted by Crippen LogP contribution is -2.39. The second-order valence-corrected chi connectivity index (χ2v) is 6.17. The number of hydrogen-bond acceptors (Lipinski definition) is 3. The molecule has 0 bridgehead atoms. The van der Waals surface area contributed by atoms with Crippen LogP contribution in [0.1, 0.15) is 37.9 Å².